The summed E-state index contributed by atoms with van der Waals surface area (Å²) in [5.41, 5.74) is 0. The van der Waals surface area contributed by atoms with Gasteiger partial charge in [0.1, 0.15) is 0 Å². The Labute approximate surface area is 123 Å². The molecule has 1 fully saturated rings. The minimum absolute atomic E-state index is 0.248. The van der Waals surface area contributed by atoms with E-state index >= 15 is 0 Å². The van der Waals surface area contributed by atoms with Crippen LogP contribution in [0.25, 0.3) is 0 Å². The summed E-state index contributed by atoms with van der Waals surface area (Å²) in [6.45, 7) is 6.61. The summed E-state index contributed by atoms with van der Waals surface area (Å²) in [6.07, 6.45) is 6.40. The first-order valence-electron chi connectivity index (χ1n) is 8.31. The van der Waals surface area contributed by atoms with Crippen molar-refractivity contribution in [3.63, 3.8) is 0 Å². The molecular formula is C16H33NO3. The van der Waals surface area contributed by atoms with E-state index in [0.717, 1.165) is 25.9 Å². The predicted octanol–water partition coefficient (Wildman–Crippen LogP) is 1.94. The Hall–Kier alpha value is -0.160. The third kappa shape index (κ3) is 8.20. The molecule has 0 amide bonds. The third-order valence-corrected chi connectivity index (χ3v) is 4.11. The van der Waals surface area contributed by atoms with Crippen LogP contribution in [0.4, 0.5) is 0 Å². The van der Waals surface area contributed by atoms with Crippen molar-refractivity contribution in [3.8, 4) is 0 Å². The molecule has 1 saturated carbocycles. The molecule has 0 bridgehead atoms. The maximum atomic E-state index is 9.81. The second-order valence-corrected chi connectivity index (χ2v) is 6.17. The van der Waals surface area contributed by atoms with Crippen molar-refractivity contribution in [1.29, 1.82) is 0 Å². The van der Waals surface area contributed by atoms with E-state index in [1.165, 1.54) is 19.3 Å². The number of aliphatic hydroxyl groups excluding tert-OH is 2. The van der Waals surface area contributed by atoms with Gasteiger partial charge in [-0.2, -0.15) is 0 Å². The first-order chi connectivity index (χ1) is 9.67. The fraction of sp³-hybridized carbons (Fsp3) is 1.00. The van der Waals surface area contributed by atoms with Crippen molar-refractivity contribution in [2.75, 3.05) is 26.3 Å². The number of ether oxygens (including phenoxy) is 1. The van der Waals surface area contributed by atoms with Gasteiger partial charge in [0.25, 0.3) is 0 Å². The van der Waals surface area contributed by atoms with Crippen LogP contribution in [-0.2, 0) is 4.74 Å². The van der Waals surface area contributed by atoms with Crippen LogP contribution >= 0.6 is 0 Å². The van der Waals surface area contributed by atoms with E-state index < -0.39 is 6.10 Å². The largest absolute Gasteiger partial charge is 0.392 e. The van der Waals surface area contributed by atoms with Gasteiger partial charge in [0.2, 0.25) is 0 Å². The smallest absolute Gasteiger partial charge is 0.0897 e. The molecule has 0 aromatic carbocycles. The number of hydrogen-bond donors (Lipinski definition) is 3. The molecule has 0 heterocycles. The number of aliphatic hydroxyl groups is 2. The Morgan fingerprint density at radius 2 is 1.90 bits per heavy atom. The Kier molecular flexibility index (Phi) is 9.44. The van der Waals surface area contributed by atoms with Gasteiger partial charge in [-0.1, -0.05) is 33.1 Å². The summed E-state index contributed by atoms with van der Waals surface area (Å²) in [7, 11) is 0. The Morgan fingerprint density at radius 3 is 2.50 bits per heavy atom. The van der Waals surface area contributed by atoms with E-state index in [-0.39, 0.29) is 6.10 Å². The highest BCUT2D eigenvalue weighted by molar-refractivity contribution is 4.82. The highest BCUT2D eigenvalue weighted by atomic mass is 16.5. The lowest BCUT2D eigenvalue weighted by atomic mass is 10.0. The molecule has 4 heteroatoms. The molecule has 1 rings (SSSR count). The Morgan fingerprint density at radius 1 is 1.15 bits per heavy atom. The van der Waals surface area contributed by atoms with Gasteiger partial charge in [0.05, 0.1) is 18.8 Å². The lowest BCUT2D eigenvalue weighted by molar-refractivity contribution is 0.0178. The maximum Gasteiger partial charge on any atom is 0.0897 e. The summed E-state index contributed by atoms with van der Waals surface area (Å²) in [5, 5.41) is 22.6. The minimum atomic E-state index is -0.481. The molecule has 0 aromatic heterocycles. The second kappa shape index (κ2) is 10.6. The molecule has 0 spiro atoms. The molecule has 3 unspecified atom stereocenters. The molecule has 120 valence electrons. The van der Waals surface area contributed by atoms with Gasteiger partial charge in [0.15, 0.2) is 0 Å². The van der Waals surface area contributed by atoms with Crippen LogP contribution in [0.1, 0.15) is 52.4 Å². The van der Waals surface area contributed by atoms with E-state index in [2.05, 4.69) is 19.2 Å². The Bertz CT molecular complexity index is 234. The highest BCUT2D eigenvalue weighted by Gasteiger charge is 2.29. The van der Waals surface area contributed by atoms with Crippen molar-refractivity contribution in [2.24, 2.45) is 11.8 Å². The SMILES string of the molecule is CCCCC(CC)COCC(O)CNCC(O)C1CC1. The monoisotopic (exact) mass is 287 g/mol. The van der Waals surface area contributed by atoms with Crippen molar-refractivity contribution in [2.45, 2.75) is 64.6 Å². The number of rotatable bonds is 13. The molecule has 0 aromatic rings. The number of unbranched alkanes of at least 4 members (excludes halogenated alkanes) is 1. The first-order valence-corrected chi connectivity index (χ1v) is 8.31. The van der Waals surface area contributed by atoms with Crippen LogP contribution in [0.5, 0.6) is 0 Å². The normalized spacial score (nSPS) is 19.8. The van der Waals surface area contributed by atoms with E-state index in [1.54, 1.807) is 0 Å². The Balaban J connectivity index is 1.96. The molecule has 1 aliphatic rings. The second-order valence-electron chi connectivity index (χ2n) is 6.17. The minimum Gasteiger partial charge on any atom is -0.392 e. The third-order valence-electron chi connectivity index (χ3n) is 4.11. The fourth-order valence-corrected chi connectivity index (χ4v) is 2.37. The lowest BCUT2D eigenvalue weighted by Gasteiger charge is -2.18. The van der Waals surface area contributed by atoms with Gasteiger partial charge in [-0.3, -0.25) is 0 Å². The van der Waals surface area contributed by atoms with Crippen LogP contribution < -0.4 is 5.32 Å². The summed E-state index contributed by atoms with van der Waals surface area (Å²) in [4.78, 5) is 0. The quantitative estimate of drug-likeness (QED) is 0.484. The van der Waals surface area contributed by atoms with Gasteiger partial charge in [-0.25, -0.2) is 0 Å². The van der Waals surface area contributed by atoms with Crippen LogP contribution in [0.3, 0.4) is 0 Å². The zero-order valence-corrected chi connectivity index (χ0v) is 13.2. The average Bonchev–Trinajstić information content (AvgIpc) is 3.27. The topological polar surface area (TPSA) is 61.7 Å². The van der Waals surface area contributed by atoms with Crippen molar-refractivity contribution < 1.29 is 14.9 Å². The van der Waals surface area contributed by atoms with Crippen LogP contribution in [-0.4, -0.2) is 48.7 Å². The number of hydrogen-bond acceptors (Lipinski definition) is 4. The van der Waals surface area contributed by atoms with Crippen molar-refractivity contribution >= 4 is 0 Å². The van der Waals surface area contributed by atoms with Gasteiger partial charge in [0, 0.05) is 19.7 Å². The summed E-state index contributed by atoms with van der Waals surface area (Å²) >= 11 is 0. The lowest BCUT2D eigenvalue weighted by Crippen LogP contribution is -2.36. The molecular weight excluding hydrogens is 254 g/mol. The maximum absolute atomic E-state index is 9.81. The van der Waals surface area contributed by atoms with E-state index in [4.69, 9.17) is 4.74 Å². The van der Waals surface area contributed by atoms with E-state index in [0.29, 0.717) is 31.5 Å². The zero-order valence-electron chi connectivity index (χ0n) is 13.2. The molecule has 0 saturated heterocycles. The molecule has 1 aliphatic carbocycles. The predicted molar refractivity (Wildman–Crippen MR) is 81.7 cm³/mol. The average molecular weight is 287 g/mol. The van der Waals surface area contributed by atoms with E-state index in [9.17, 15) is 10.2 Å². The standard InChI is InChI=1S/C16H33NO3/c1-3-5-6-13(4-2)11-20-12-15(18)9-17-10-16(19)14-7-8-14/h13-19H,3-12H2,1-2H3. The van der Waals surface area contributed by atoms with E-state index in [1.807, 2.05) is 0 Å². The van der Waals surface area contributed by atoms with Gasteiger partial charge in [-0.05, 0) is 31.1 Å². The highest BCUT2D eigenvalue weighted by Crippen LogP contribution is 2.32. The van der Waals surface area contributed by atoms with Crippen LogP contribution in [0.2, 0.25) is 0 Å². The van der Waals surface area contributed by atoms with Crippen LogP contribution in [0, 0.1) is 11.8 Å². The van der Waals surface area contributed by atoms with Crippen LogP contribution in [0.15, 0.2) is 0 Å². The molecule has 3 N–H and O–H groups in total. The van der Waals surface area contributed by atoms with Gasteiger partial charge in [-0.15, -0.1) is 0 Å². The molecule has 4 nitrogen and oxygen atoms in total. The van der Waals surface area contributed by atoms with Gasteiger partial charge < -0.3 is 20.3 Å². The van der Waals surface area contributed by atoms with Crippen molar-refractivity contribution in [3.05, 3.63) is 0 Å². The fourth-order valence-electron chi connectivity index (χ4n) is 2.37. The van der Waals surface area contributed by atoms with Crippen molar-refractivity contribution in [1.82, 2.24) is 5.32 Å². The molecule has 20 heavy (non-hydrogen) atoms. The molecule has 0 radical (unpaired) electrons. The summed E-state index contributed by atoms with van der Waals surface area (Å²) in [6, 6.07) is 0. The zero-order chi connectivity index (χ0) is 14.8. The summed E-state index contributed by atoms with van der Waals surface area (Å²) < 4.78 is 5.61. The molecule has 0 aliphatic heterocycles. The number of nitrogens with one attached hydrogen (secondary N) is 1. The molecule has 3 atom stereocenters. The van der Waals surface area contributed by atoms with Gasteiger partial charge >= 0.3 is 0 Å². The first kappa shape index (κ1) is 17.9. The summed E-state index contributed by atoms with van der Waals surface area (Å²) in [5.74, 6) is 1.10.